The average Bonchev–Trinajstić information content (AvgIpc) is 2.54. The second-order valence-corrected chi connectivity index (χ2v) is 5.78. The number of carbonyl (C=O) groups is 1. The lowest BCUT2D eigenvalue weighted by molar-refractivity contribution is -0.137. The Labute approximate surface area is 105 Å². The molecule has 0 aromatic rings. The second kappa shape index (κ2) is 5.85. The molecular formula is C14H26N2O. The molecule has 3 unspecified atom stereocenters. The molecule has 3 atom stereocenters. The maximum atomic E-state index is 12.6. The quantitative estimate of drug-likeness (QED) is 0.759. The fraction of sp³-hybridized carbons (Fsp3) is 0.929. The summed E-state index contributed by atoms with van der Waals surface area (Å²) < 4.78 is 0. The van der Waals surface area contributed by atoms with Gasteiger partial charge < -0.3 is 10.2 Å². The van der Waals surface area contributed by atoms with Crippen molar-refractivity contribution in [3.05, 3.63) is 0 Å². The highest BCUT2D eigenvalue weighted by molar-refractivity contribution is 5.82. The number of nitrogens with zero attached hydrogens (tertiary/aromatic N) is 1. The molecule has 2 heterocycles. The fourth-order valence-corrected chi connectivity index (χ4v) is 3.16. The van der Waals surface area contributed by atoms with E-state index in [1.807, 2.05) is 0 Å². The molecule has 2 aliphatic heterocycles. The topological polar surface area (TPSA) is 32.3 Å². The SMILES string of the molecule is CC1CCCNC1C(=O)N1CCCCCC1C. The maximum absolute atomic E-state index is 12.6. The first-order valence-corrected chi connectivity index (χ1v) is 7.24. The molecule has 1 N–H and O–H groups in total. The molecule has 3 nitrogen and oxygen atoms in total. The third-order valence-corrected chi connectivity index (χ3v) is 4.37. The van der Waals surface area contributed by atoms with Gasteiger partial charge in [-0.25, -0.2) is 0 Å². The van der Waals surface area contributed by atoms with Gasteiger partial charge in [0.25, 0.3) is 0 Å². The first kappa shape index (κ1) is 12.9. The Bertz CT molecular complexity index is 267. The van der Waals surface area contributed by atoms with Gasteiger partial charge in [0.1, 0.15) is 0 Å². The van der Waals surface area contributed by atoms with Crippen LogP contribution in [0.2, 0.25) is 0 Å². The molecular weight excluding hydrogens is 212 g/mol. The van der Waals surface area contributed by atoms with E-state index in [9.17, 15) is 4.79 Å². The summed E-state index contributed by atoms with van der Waals surface area (Å²) in [4.78, 5) is 14.7. The van der Waals surface area contributed by atoms with Crippen LogP contribution in [0, 0.1) is 5.92 Å². The highest BCUT2D eigenvalue weighted by Gasteiger charge is 2.33. The third kappa shape index (κ3) is 3.01. The molecule has 0 saturated carbocycles. The lowest BCUT2D eigenvalue weighted by atomic mass is 9.91. The molecule has 3 heteroatoms. The van der Waals surface area contributed by atoms with Crippen molar-refractivity contribution >= 4 is 5.91 Å². The van der Waals surface area contributed by atoms with Crippen LogP contribution in [-0.2, 0) is 4.79 Å². The van der Waals surface area contributed by atoms with E-state index in [0.29, 0.717) is 17.9 Å². The Morgan fingerprint density at radius 2 is 1.94 bits per heavy atom. The largest absolute Gasteiger partial charge is 0.339 e. The van der Waals surface area contributed by atoms with Crippen molar-refractivity contribution in [2.45, 2.75) is 64.5 Å². The van der Waals surface area contributed by atoms with Gasteiger partial charge in [-0.1, -0.05) is 19.8 Å². The van der Waals surface area contributed by atoms with Gasteiger partial charge in [-0.2, -0.15) is 0 Å². The minimum absolute atomic E-state index is 0.0734. The molecule has 0 bridgehead atoms. The fourth-order valence-electron chi connectivity index (χ4n) is 3.16. The van der Waals surface area contributed by atoms with Crippen LogP contribution in [0.1, 0.15) is 52.4 Å². The van der Waals surface area contributed by atoms with E-state index in [0.717, 1.165) is 13.1 Å². The molecule has 2 fully saturated rings. The molecule has 2 rings (SSSR count). The highest BCUT2D eigenvalue weighted by Crippen LogP contribution is 2.22. The first-order chi connectivity index (χ1) is 8.20. The molecule has 1 amide bonds. The van der Waals surface area contributed by atoms with Crippen LogP contribution < -0.4 is 5.32 Å². The molecule has 0 aromatic heterocycles. The number of rotatable bonds is 1. The van der Waals surface area contributed by atoms with Gasteiger partial charge in [-0.3, -0.25) is 4.79 Å². The van der Waals surface area contributed by atoms with Gasteiger partial charge in [0.15, 0.2) is 0 Å². The monoisotopic (exact) mass is 238 g/mol. The van der Waals surface area contributed by atoms with Crippen molar-refractivity contribution in [1.82, 2.24) is 10.2 Å². The van der Waals surface area contributed by atoms with Gasteiger partial charge in [0.05, 0.1) is 6.04 Å². The summed E-state index contributed by atoms with van der Waals surface area (Å²) in [6, 6.07) is 0.505. The van der Waals surface area contributed by atoms with Crippen LogP contribution in [-0.4, -0.2) is 36.0 Å². The molecule has 17 heavy (non-hydrogen) atoms. The molecule has 2 aliphatic rings. The van der Waals surface area contributed by atoms with E-state index in [4.69, 9.17) is 0 Å². The van der Waals surface area contributed by atoms with Crippen molar-refractivity contribution in [2.24, 2.45) is 5.92 Å². The summed E-state index contributed by atoms with van der Waals surface area (Å²) in [5.74, 6) is 0.846. The predicted molar refractivity (Wildman–Crippen MR) is 69.8 cm³/mol. The van der Waals surface area contributed by atoms with E-state index >= 15 is 0 Å². The lowest BCUT2D eigenvalue weighted by Crippen LogP contribution is -2.54. The Morgan fingerprint density at radius 3 is 2.71 bits per heavy atom. The van der Waals surface area contributed by atoms with Crippen molar-refractivity contribution < 1.29 is 4.79 Å². The Hall–Kier alpha value is -0.570. The standard InChI is InChI=1S/C14H26N2O/c1-11-7-6-9-15-13(11)14(17)16-10-5-3-4-8-12(16)2/h11-13,15H,3-10H2,1-2H3. The number of piperidine rings is 1. The van der Waals surface area contributed by atoms with E-state index in [-0.39, 0.29) is 6.04 Å². The summed E-state index contributed by atoms with van der Waals surface area (Å²) in [7, 11) is 0. The zero-order valence-corrected chi connectivity index (χ0v) is 11.2. The van der Waals surface area contributed by atoms with Gasteiger partial charge in [-0.15, -0.1) is 0 Å². The minimum Gasteiger partial charge on any atom is -0.339 e. The maximum Gasteiger partial charge on any atom is 0.240 e. The predicted octanol–water partition coefficient (Wildman–Crippen LogP) is 2.17. The van der Waals surface area contributed by atoms with Gasteiger partial charge in [0, 0.05) is 12.6 Å². The second-order valence-electron chi connectivity index (χ2n) is 5.78. The van der Waals surface area contributed by atoms with Crippen LogP contribution in [0.4, 0.5) is 0 Å². The van der Waals surface area contributed by atoms with Crippen LogP contribution in [0.3, 0.4) is 0 Å². The highest BCUT2D eigenvalue weighted by atomic mass is 16.2. The average molecular weight is 238 g/mol. The van der Waals surface area contributed by atoms with Crippen LogP contribution in [0.5, 0.6) is 0 Å². The Kier molecular flexibility index (Phi) is 4.43. The number of amides is 1. The molecule has 2 saturated heterocycles. The van der Waals surface area contributed by atoms with Crippen LogP contribution in [0.15, 0.2) is 0 Å². The van der Waals surface area contributed by atoms with Gasteiger partial charge in [-0.05, 0) is 45.1 Å². The van der Waals surface area contributed by atoms with E-state index in [1.54, 1.807) is 0 Å². The van der Waals surface area contributed by atoms with Gasteiger partial charge in [0.2, 0.25) is 5.91 Å². The zero-order chi connectivity index (χ0) is 12.3. The smallest absolute Gasteiger partial charge is 0.240 e. The lowest BCUT2D eigenvalue weighted by Gasteiger charge is -2.36. The number of hydrogen-bond acceptors (Lipinski definition) is 2. The van der Waals surface area contributed by atoms with E-state index in [1.165, 1.54) is 38.5 Å². The normalized spacial score (nSPS) is 35.4. The molecule has 0 aromatic carbocycles. The Balaban J connectivity index is 2.01. The van der Waals surface area contributed by atoms with Crippen LogP contribution >= 0.6 is 0 Å². The third-order valence-electron chi connectivity index (χ3n) is 4.37. The first-order valence-electron chi connectivity index (χ1n) is 7.24. The Morgan fingerprint density at radius 1 is 1.12 bits per heavy atom. The van der Waals surface area contributed by atoms with Crippen molar-refractivity contribution in [1.29, 1.82) is 0 Å². The molecule has 98 valence electrons. The minimum atomic E-state index is 0.0734. The summed E-state index contributed by atoms with van der Waals surface area (Å²) in [5.41, 5.74) is 0. The van der Waals surface area contributed by atoms with Crippen molar-refractivity contribution in [3.8, 4) is 0 Å². The molecule has 0 spiro atoms. The number of nitrogens with one attached hydrogen (secondary N) is 1. The number of hydrogen-bond donors (Lipinski definition) is 1. The zero-order valence-electron chi connectivity index (χ0n) is 11.2. The summed E-state index contributed by atoms with van der Waals surface area (Å²) in [6.07, 6.45) is 7.30. The number of likely N-dealkylation sites (tertiary alicyclic amines) is 1. The van der Waals surface area contributed by atoms with E-state index in [2.05, 4.69) is 24.1 Å². The molecule has 0 aliphatic carbocycles. The summed E-state index contributed by atoms with van der Waals surface area (Å²) in [6.45, 7) is 6.38. The number of carbonyl (C=O) groups excluding carboxylic acids is 1. The summed E-state index contributed by atoms with van der Waals surface area (Å²) >= 11 is 0. The van der Waals surface area contributed by atoms with Gasteiger partial charge >= 0.3 is 0 Å². The van der Waals surface area contributed by atoms with Crippen LogP contribution in [0.25, 0.3) is 0 Å². The van der Waals surface area contributed by atoms with E-state index < -0.39 is 0 Å². The van der Waals surface area contributed by atoms with Crippen molar-refractivity contribution in [2.75, 3.05) is 13.1 Å². The van der Waals surface area contributed by atoms with Crippen molar-refractivity contribution in [3.63, 3.8) is 0 Å². The summed E-state index contributed by atoms with van der Waals surface area (Å²) in [5, 5.41) is 3.42. The molecule has 0 radical (unpaired) electrons.